The van der Waals surface area contributed by atoms with Gasteiger partial charge in [0.1, 0.15) is 5.75 Å². The minimum atomic E-state index is -0.839. The summed E-state index contributed by atoms with van der Waals surface area (Å²) < 4.78 is 10.7. The lowest BCUT2D eigenvalue weighted by atomic mass is 9.93. The molecule has 0 radical (unpaired) electrons. The first-order valence-electron chi connectivity index (χ1n) is 6.10. The van der Waals surface area contributed by atoms with Crippen LogP contribution in [-0.4, -0.2) is 24.9 Å². The van der Waals surface area contributed by atoms with Gasteiger partial charge in [-0.15, -0.1) is 0 Å². The lowest BCUT2D eigenvalue weighted by molar-refractivity contribution is 0.0210. The third-order valence-electron chi connectivity index (χ3n) is 3.10. The number of aliphatic hydroxyl groups is 1. The second kappa shape index (κ2) is 5.07. The standard InChI is InChI=1S/C14H20O3/c1-14(15,9-10-16-2)11-3-5-12(6-4-11)17-13-7-8-13/h3-6,13,15H,7-10H2,1-2H3. The monoisotopic (exact) mass is 236 g/mol. The summed E-state index contributed by atoms with van der Waals surface area (Å²) in [4.78, 5) is 0. The maximum absolute atomic E-state index is 10.3. The first-order chi connectivity index (χ1) is 8.12. The lowest BCUT2D eigenvalue weighted by Crippen LogP contribution is -2.22. The third kappa shape index (κ3) is 3.45. The van der Waals surface area contributed by atoms with Gasteiger partial charge in [-0.25, -0.2) is 0 Å². The minimum Gasteiger partial charge on any atom is -0.490 e. The highest BCUT2D eigenvalue weighted by Gasteiger charge is 2.25. The van der Waals surface area contributed by atoms with Crippen LogP contribution in [0.15, 0.2) is 24.3 Å². The van der Waals surface area contributed by atoms with Crippen LogP contribution >= 0.6 is 0 Å². The van der Waals surface area contributed by atoms with E-state index in [9.17, 15) is 5.11 Å². The van der Waals surface area contributed by atoms with Crippen molar-refractivity contribution >= 4 is 0 Å². The zero-order valence-corrected chi connectivity index (χ0v) is 10.5. The van der Waals surface area contributed by atoms with Crippen LogP contribution in [0.1, 0.15) is 31.7 Å². The number of benzene rings is 1. The summed E-state index contributed by atoms with van der Waals surface area (Å²) in [6.45, 7) is 2.36. The van der Waals surface area contributed by atoms with E-state index in [0.717, 1.165) is 24.2 Å². The van der Waals surface area contributed by atoms with Gasteiger partial charge in [0, 0.05) is 20.1 Å². The van der Waals surface area contributed by atoms with E-state index >= 15 is 0 Å². The highest BCUT2D eigenvalue weighted by Crippen LogP contribution is 2.29. The number of methoxy groups -OCH3 is 1. The Balaban J connectivity index is 1.99. The molecular weight excluding hydrogens is 216 g/mol. The van der Waals surface area contributed by atoms with Gasteiger partial charge < -0.3 is 14.6 Å². The number of ether oxygens (including phenoxy) is 2. The van der Waals surface area contributed by atoms with Gasteiger partial charge in [0.05, 0.1) is 11.7 Å². The van der Waals surface area contributed by atoms with Crippen molar-refractivity contribution in [2.75, 3.05) is 13.7 Å². The Morgan fingerprint density at radius 3 is 2.47 bits per heavy atom. The van der Waals surface area contributed by atoms with Crippen molar-refractivity contribution < 1.29 is 14.6 Å². The first-order valence-corrected chi connectivity index (χ1v) is 6.10. The Bertz CT molecular complexity index is 352. The summed E-state index contributed by atoms with van der Waals surface area (Å²) in [7, 11) is 1.64. The fourth-order valence-corrected chi connectivity index (χ4v) is 1.72. The van der Waals surface area contributed by atoms with Gasteiger partial charge in [-0.1, -0.05) is 12.1 Å². The topological polar surface area (TPSA) is 38.7 Å². The predicted molar refractivity (Wildman–Crippen MR) is 66.2 cm³/mol. The van der Waals surface area contributed by atoms with Crippen molar-refractivity contribution in [2.45, 2.75) is 37.9 Å². The minimum absolute atomic E-state index is 0.412. The summed E-state index contributed by atoms with van der Waals surface area (Å²) in [6.07, 6.45) is 3.32. The fraction of sp³-hybridized carbons (Fsp3) is 0.571. The summed E-state index contributed by atoms with van der Waals surface area (Å²) in [5.74, 6) is 0.888. The highest BCUT2D eigenvalue weighted by molar-refractivity contribution is 5.30. The molecule has 0 bridgehead atoms. The molecule has 1 aliphatic rings. The second-order valence-corrected chi connectivity index (χ2v) is 4.86. The SMILES string of the molecule is COCCC(C)(O)c1ccc(OC2CC2)cc1. The number of hydrogen-bond acceptors (Lipinski definition) is 3. The number of hydrogen-bond donors (Lipinski definition) is 1. The van der Waals surface area contributed by atoms with Crippen LogP contribution in [0.25, 0.3) is 0 Å². The van der Waals surface area contributed by atoms with Crippen molar-refractivity contribution in [1.29, 1.82) is 0 Å². The van der Waals surface area contributed by atoms with E-state index in [1.165, 1.54) is 0 Å². The molecule has 1 aliphatic carbocycles. The Morgan fingerprint density at radius 1 is 1.29 bits per heavy atom. The van der Waals surface area contributed by atoms with Crippen LogP contribution in [-0.2, 0) is 10.3 Å². The molecule has 1 N–H and O–H groups in total. The summed E-state index contributed by atoms with van der Waals surface area (Å²) in [5.41, 5.74) is 0.0615. The largest absolute Gasteiger partial charge is 0.490 e. The quantitative estimate of drug-likeness (QED) is 0.824. The first kappa shape index (κ1) is 12.4. The molecule has 0 amide bonds. The van der Waals surface area contributed by atoms with Crippen LogP contribution < -0.4 is 4.74 Å². The molecule has 94 valence electrons. The fourth-order valence-electron chi connectivity index (χ4n) is 1.72. The van der Waals surface area contributed by atoms with Gasteiger partial charge in [0.15, 0.2) is 0 Å². The zero-order chi connectivity index (χ0) is 12.3. The van der Waals surface area contributed by atoms with E-state index in [1.807, 2.05) is 31.2 Å². The van der Waals surface area contributed by atoms with E-state index in [1.54, 1.807) is 7.11 Å². The van der Waals surface area contributed by atoms with E-state index in [-0.39, 0.29) is 0 Å². The van der Waals surface area contributed by atoms with Crippen LogP contribution in [0.4, 0.5) is 0 Å². The van der Waals surface area contributed by atoms with Crippen molar-refractivity contribution in [3.05, 3.63) is 29.8 Å². The number of rotatable bonds is 6. The Morgan fingerprint density at radius 2 is 1.94 bits per heavy atom. The normalized spacial score (nSPS) is 18.8. The molecular formula is C14H20O3. The van der Waals surface area contributed by atoms with Crippen LogP contribution in [0.5, 0.6) is 5.75 Å². The molecule has 1 aromatic carbocycles. The Labute approximate surface area is 102 Å². The Kier molecular flexibility index (Phi) is 3.69. The molecule has 1 fully saturated rings. The molecule has 0 heterocycles. The van der Waals surface area contributed by atoms with E-state index in [4.69, 9.17) is 9.47 Å². The molecule has 3 nitrogen and oxygen atoms in total. The van der Waals surface area contributed by atoms with Crippen molar-refractivity contribution in [2.24, 2.45) is 0 Å². The van der Waals surface area contributed by atoms with Gasteiger partial charge in [-0.2, -0.15) is 0 Å². The second-order valence-electron chi connectivity index (χ2n) is 4.86. The Hall–Kier alpha value is -1.06. The van der Waals surface area contributed by atoms with Crippen molar-refractivity contribution in [3.8, 4) is 5.75 Å². The molecule has 1 atom stereocenters. The predicted octanol–water partition coefficient (Wildman–Crippen LogP) is 2.47. The molecule has 1 saturated carbocycles. The molecule has 17 heavy (non-hydrogen) atoms. The van der Waals surface area contributed by atoms with Gasteiger partial charge in [-0.05, 0) is 37.5 Å². The van der Waals surface area contributed by atoms with E-state index in [0.29, 0.717) is 19.1 Å². The summed E-state index contributed by atoms with van der Waals surface area (Å²) in [5, 5.41) is 10.3. The van der Waals surface area contributed by atoms with Gasteiger partial charge in [0.25, 0.3) is 0 Å². The maximum atomic E-state index is 10.3. The third-order valence-corrected chi connectivity index (χ3v) is 3.10. The molecule has 0 saturated heterocycles. The molecule has 1 aromatic rings. The van der Waals surface area contributed by atoms with Crippen LogP contribution in [0.3, 0.4) is 0 Å². The van der Waals surface area contributed by atoms with E-state index < -0.39 is 5.60 Å². The van der Waals surface area contributed by atoms with Gasteiger partial charge in [0.2, 0.25) is 0 Å². The van der Waals surface area contributed by atoms with Gasteiger partial charge in [-0.3, -0.25) is 0 Å². The van der Waals surface area contributed by atoms with Crippen molar-refractivity contribution in [1.82, 2.24) is 0 Å². The molecule has 0 spiro atoms. The summed E-state index contributed by atoms with van der Waals surface area (Å²) in [6, 6.07) is 7.70. The molecule has 3 heteroatoms. The van der Waals surface area contributed by atoms with Gasteiger partial charge >= 0.3 is 0 Å². The summed E-state index contributed by atoms with van der Waals surface area (Å²) >= 11 is 0. The molecule has 1 unspecified atom stereocenters. The average Bonchev–Trinajstić information content (AvgIpc) is 3.11. The molecule has 2 rings (SSSR count). The van der Waals surface area contributed by atoms with Crippen LogP contribution in [0.2, 0.25) is 0 Å². The maximum Gasteiger partial charge on any atom is 0.119 e. The molecule has 0 aliphatic heterocycles. The van der Waals surface area contributed by atoms with Crippen molar-refractivity contribution in [3.63, 3.8) is 0 Å². The zero-order valence-electron chi connectivity index (χ0n) is 10.5. The van der Waals surface area contributed by atoms with Crippen LogP contribution in [0, 0.1) is 0 Å². The highest BCUT2D eigenvalue weighted by atomic mass is 16.5. The molecule has 0 aromatic heterocycles. The lowest BCUT2D eigenvalue weighted by Gasteiger charge is -2.23. The van der Waals surface area contributed by atoms with E-state index in [2.05, 4.69) is 0 Å². The average molecular weight is 236 g/mol. The smallest absolute Gasteiger partial charge is 0.119 e.